The van der Waals surface area contributed by atoms with E-state index in [0.29, 0.717) is 10.6 Å². The normalized spacial score (nSPS) is 16.4. The van der Waals surface area contributed by atoms with Crippen molar-refractivity contribution >= 4 is 44.1 Å². The van der Waals surface area contributed by atoms with E-state index >= 15 is 0 Å². The van der Waals surface area contributed by atoms with Gasteiger partial charge in [0, 0.05) is 22.2 Å². The van der Waals surface area contributed by atoms with Gasteiger partial charge >= 0.3 is 0 Å². The number of carbonyl (C=O) groups excluding carboxylic acids is 1. The summed E-state index contributed by atoms with van der Waals surface area (Å²) >= 11 is 1.46. The minimum absolute atomic E-state index is 0.00467. The number of anilines is 1. The number of para-hydroxylation sites is 1. The highest BCUT2D eigenvalue weighted by atomic mass is 32.1. The van der Waals surface area contributed by atoms with Crippen LogP contribution in [0.2, 0.25) is 0 Å². The van der Waals surface area contributed by atoms with Crippen LogP contribution in [-0.4, -0.2) is 15.5 Å². The summed E-state index contributed by atoms with van der Waals surface area (Å²) in [6.45, 7) is 0. The fraction of sp³-hybridized carbons (Fsp3) is 0.360. The van der Waals surface area contributed by atoms with Crippen LogP contribution >= 0.6 is 11.3 Å². The zero-order valence-electron chi connectivity index (χ0n) is 17.0. The number of nitrogens with two attached hydrogens (primary N) is 1. The molecule has 3 aromatic heterocycles. The summed E-state index contributed by atoms with van der Waals surface area (Å²) < 4.78 is 1.94. The molecule has 0 radical (unpaired) electrons. The van der Waals surface area contributed by atoms with Crippen LogP contribution in [-0.2, 0) is 25.7 Å². The first-order chi connectivity index (χ1) is 14.7. The largest absolute Gasteiger partial charge is 0.397 e. The van der Waals surface area contributed by atoms with E-state index in [2.05, 4.69) is 24.3 Å². The number of hydrogen-bond donors (Lipinski definition) is 1. The standard InChI is InChI=1S/C25H25N3OS/c26-22-18-14-15-8-2-1-3-11-19(15)27-24(18)30-23(22)25(29)28-20-12-6-4-9-16(20)17-10-5-7-13-21(17)28/h4,6,9,12,14H,1-3,5,7-8,10-11,13,26H2. The fourth-order valence-corrected chi connectivity index (χ4v) is 6.35. The molecule has 152 valence electrons. The first kappa shape index (κ1) is 18.1. The molecule has 0 atom stereocenters. The number of aryl methyl sites for hydroxylation is 3. The molecule has 4 aromatic rings. The quantitative estimate of drug-likeness (QED) is 0.408. The number of thiophene rings is 1. The zero-order chi connectivity index (χ0) is 20.2. The molecular weight excluding hydrogens is 390 g/mol. The number of nitrogen functional groups attached to an aromatic ring is 1. The van der Waals surface area contributed by atoms with Crippen LogP contribution in [0.1, 0.15) is 64.3 Å². The molecule has 6 rings (SSSR count). The lowest BCUT2D eigenvalue weighted by Crippen LogP contribution is -2.17. The Hall–Kier alpha value is -2.66. The van der Waals surface area contributed by atoms with E-state index < -0.39 is 0 Å². The van der Waals surface area contributed by atoms with Gasteiger partial charge in [0.1, 0.15) is 9.71 Å². The monoisotopic (exact) mass is 415 g/mol. The number of benzene rings is 1. The Morgan fingerprint density at radius 1 is 0.967 bits per heavy atom. The molecule has 0 unspecified atom stereocenters. The van der Waals surface area contributed by atoms with E-state index in [-0.39, 0.29) is 5.91 Å². The average Bonchev–Trinajstić information content (AvgIpc) is 3.16. The van der Waals surface area contributed by atoms with Crippen LogP contribution in [0.25, 0.3) is 21.1 Å². The molecule has 0 amide bonds. The summed E-state index contributed by atoms with van der Waals surface area (Å²) in [7, 11) is 0. The van der Waals surface area contributed by atoms with Crippen molar-refractivity contribution in [3.05, 3.63) is 57.7 Å². The first-order valence-electron chi connectivity index (χ1n) is 11.1. The van der Waals surface area contributed by atoms with E-state index in [4.69, 9.17) is 10.7 Å². The lowest BCUT2D eigenvalue weighted by atomic mass is 9.95. The van der Waals surface area contributed by atoms with Crippen molar-refractivity contribution in [1.29, 1.82) is 0 Å². The maximum atomic E-state index is 13.8. The molecule has 2 N–H and O–H groups in total. The van der Waals surface area contributed by atoms with Gasteiger partial charge in [-0.15, -0.1) is 11.3 Å². The van der Waals surface area contributed by atoms with Gasteiger partial charge in [-0.05, 0) is 74.6 Å². The summed E-state index contributed by atoms with van der Waals surface area (Å²) in [5.41, 5.74) is 13.2. The Labute approximate surface area is 179 Å². The Balaban J connectivity index is 1.53. The highest BCUT2D eigenvalue weighted by molar-refractivity contribution is 7.21. The molecule has 0 saturated carbocycles. The van der Waals surface area contributed by atoms with Crippen LogP contribution in [0, 0.1) is 0 Å². The van der Waals surface area contributed by atoms with E-state index in [1.807, 2.05) is 10.6 Å². The molecule has 0 fully saturated rings. The van der Waals surface area contributed by atoms with Crippen LogP contribution in [0.4, 0.5) is 5.69 Å². The van der Waals surface area contributed by atoms with Crippen molar-refractivity contribution in [3.8, 4) is 0 Å². The molecule has 0 bridgehead atoms. The second-order valence-electron chi connectivity index (χ2n) is 8.64. The molecule has 0 saturated heterocycles. The second kappa shape index (κ2) is 6.95. The number of fused-ring (bicyclic) bond motifs is 5. The Morgan fingerprint density at radius 2 is 1.77 bits per heavy atom. The molecule has 2 aliphatic rings. The maximum absolute atomic E-state index is 13.8. The van der Waals surface area contributed by atoms with Gasteiger partial charge < -0.3 is 5.73 Å². The fourth-order valence-electron chi connectivity index (χ4n) is 5.32. The van der Waals surface area contributed by atoms with Crippen molar-refractivity contribution in [3.63, 3.8) is 0 Å². The molecule has 0 spiro atoms. The van der Waals surface area contributed by atoms with Crippen molar-refractivity contribution < 1.29 is 4.79 Å². The van der Waals surface area contributed by atoms with Gasteiger partial charge in [0.2, 0.25) is 0 Å². The number of carbonyl (C=O) groups is 1. The maximum Gasteiger partial charge on any atom is 0.274 e. The zero-order valence-corrected chi connectivity index (χ0v) is 17.9. The first-order valence-corrected chi connectivity index (χ1v) is 11.9. The number of aromatic nitrogens is 2. The van der Waals surface area contributed by atoms with Crippen molar-refractivity contribution in [2.45, 2.75) is 57.8 Å². The molecular formula is C25H25N3OS. The van der Waals surface area contributed by atoms with Crippen molar-refractivity contribution in [2.75, 3.05) is 5.73 Å². The van der Waals surface area contributed by atoms with Gasteiger partial charge in [0.05, 0.1) is 11.2 Å². The van der Waals surface area contributed by atoms with Crippen molar-refractivity contribution in [2.24, 2.45) is 0 Å². The van der Waals surface area contributed by atoms with Gasteiger partial charge in [-0.3, -0.25) is 9.36 Å². The molecule has 30 heavy (non-hydrogen) atoms. The Kier molecular flexibility index (Phi) is 4.20. The van der Waals surface area contributed by atoms with Crippen LogP contribution in [0.5, 0.6) is 0 Å². The molecule has 3 heterocycles. The van der Waals surface area contributed by atoms with Gasteiger partial charge in [-0.25, -0.2) is 4.98 Å². The van der Waals surface area contributed by atoms with Crippen LogP contribution in [0.15, 0.2) is 30.3 Å². The lowest BCUT2D eigenvalue weighted by molar-refractivity contribution is 0.0966. The number of rotatable bonds is 1. The summed E-state index contributed by atoms with van der Waals surface area (Å²) in [6.07, 6.45) is 10.1. The highest BCUT2D eigenvalue weighted by Gasteiger charge is 2.27. The minimum atomic E-state index is 0.00467. The van der Waals surface area contributed by atoms with Crippen LogP contribution in [0.3, 0.4) is 0 Å². The summed E-state index contributed by atoms with van der Waals surface area (Å²) in [5.74, 6) is 0.00467. The average molecular weight is 416 g/mol. The number of nitrogens with zero attached hydrogens (tertiary/aromatic N) is 2. The summed E-state index contributed by atoms with van der Waals surface area (Å²) in [6, 6.07) is 10.5. The van der Waals surface area contributed by atoms with Gasteiger partial charge in [0.15, 0.2) is 0 Å². The van der Waals surface area contributed by atoms with E-state index in [0.717, 1.165) is 47.8 Å². The second-order valence-corrected chi connectivity index (χ2v) is 9.64. The SMILES string of the molecule is Nc1c(C(=O)n2c3c(c4ccccc42)CCCC3)sc2nc3c(cc12)CCCCC3. The van der Waals surface area contributed by atoms with E-state index in [1.54, 1.807) is 0 Å². The molecule has 0 aliphatic heterocycles. The summed E-state index contributed by atoms with van der Waals surface area (Å²) in [5, 5.41) is 2.17. The highest BCUT2D eigenvalue weighted by Crippen LogP contribution is 2.38. The van der Waals surface area contributed by atoms with Crippen LogP contribution < -0.4 is 5.73 Å². The minimum Gasteiger partial charge on any atom is -0.397 e. The topological polar surface area (TPSA) is 60.9 Å². The van der Waals surface area contributed by atoms with E-state index in [1.165, 1.54) is 64.9 Å². The molecule has 5 heteroatoms. The summed E-state index contributed by atoms with van der Waals surface area (Å²) in [4.78, 5) is 20.3. The third-order valence-corrected chi connectivity index (χ3v) is 7.93. The van der Waals surface area contributed by atoms with Crippen molar-refractivity contribution in [1.82, 2.24) is 9.55 Å². The van der Waals surface area contributed by atoms with Gasteiger partial charge in [-0.2, -0.15) is 0 Å². The predicted octanol–water partition coefficient (Wildman–Crippen LogP) is 5.67. The smallest absolute Gasteiger partial charge is 0.274 e. The van der Waals surface area contributed by atoms with Gasteiger partial charge in [0.25, 0.3) is 5.91 Å². The lowest BCUT2D eigenvalue weighted by Gasteiger charge is -2.14. The van der Waals surface area contributed by atoms with Gasteiger partial charge in [-0.1, -0.05) is 24.6 Å². The number of hydrogen-bond acceptors (Lipinski definition) is 4. The molecule has 2 aliphatic carbocycles. The third kappa shape index (κ3) is 2.64. The third-order valence-electron chi connectivity index (χ3n) is 6.83. The molecule has 1 aromatic carbocycles. The number of pyridine rings is 1. The molecule has 4 nitrogen and oxygen atoms in total. The van der Waals surface area contributed by atoms with E-state index in [9.17, 15) is 4.79 Å². The Morgan fingerprint density at radius 3 is 2.70 bits per heavy atom. The predicted molar refractivity (Wildman–Crippen MR) is 124 cm³/mol. The Bertz CT molecular complexity index is 1310.